The van der Waals surface area contributed by atoms with Crippen LogP contribution in [0.3, 0.4) is 0 Å². The van der Waals surface area contributed by atoms with E-state index in [0.29, 0.717) is 19.4 Å². The Morgan fingerprint density at radius 3 is 2.83 bits per heavy atom. The van der Waals surface area contributed by atoms with Crippen molar-refractivity contribution >= 4 is 17.8 Å². The number of imidazole rings is 1. The van der Waals surface area contributed by atoms with Gasteiger partial charge in [0, 0.05) is 31.4 Å². The molecule has 0 unspecified atom stereocenters. The first kappa shape index (κ1) is 16.5. The third kappa shape index (κ3) is 2.76. The molecule has 1 aromatic rings. The van der Waals surface area contributed by atoms with Crippen molar-refractivity contribution in [1.82, 2.24) is 25.1 Å². The van der Waals surface area contributed by atoms with Crippen LogP contribution in [0.4, 0.5) is 4.79 Å². The summed E-state index contributed by atoms with van der Waals surface area (Å²) < 4.78 is 2.02. The zero-order valence-corrected chi connectivity index (χ0v) is 14.0. The van der Waals surface area contributed by atoms with E-state index in [4.69, 9.17) is 0 Å². The summed E-state index contributed by atoms with van der Waals surface area (Å²) in [5.74, 6) is 0.397. The van der Waals surface area contributed by atoms with Crippen LogP contribution >= 0.6 is 0 Å². The monoisotopic (exact) mass is 333 g/mol. The number of aromatic nitrogens is 2. The maximum Gasteiger partial charge on any atom is 0.325 e. The lowest BCUT2D eigenvalue weighted by Gasteiger charge is -2.26. The largest absolute Gasteiger partial charge is 0.350 e. The Morgan fingerprint density at radius 2 is 2.17 bits per heavy atom. The van der Waals surface area contributed by atoms with Crippen LogP contribution in [0, 0.1) is 0 Å². The van der Waals surface area contributed by atoms with E-state index < -0.39 is 11.6 Å². The molecule has 1 aromatic heterocycles. The SMILES string of the molecule is CCC1(CC)NC(=O)N(CC(=O)N[C@H]2CCc3nccn3C2)C1=O. The lowest BCUT2D eigenvalue weighted by molar-refractivity contribution is -0.135. The minimum atomic E-state index is -0.867. The predicted octanol–water partition coefficient (Wildman–Crippen LogP) is 0.425. The number of carbonyl (C=O) groups excluding carboxylic acids is 3. The molecule has 2 N–H and O–H groups in total. The molecule has 3 rings (SSSR count). The second-order valence-corrected chi connectivity index (χ2v) is 6.41. The minimum absolute atomic E-state index is 0.0120. The highest BCUT2D eigenvalue weighted by Crippen LogP contribution is 2.24. The second-order valence-electron chi connectivity index (χ2n) is 6.41. The van der Waals surface area contributed by atoms with Gasteiger partial charge in [-0.25, -0.2) is 9.78 Å². The molecule has 1 fully saturated rings. The number of hydrogen-bond donors (Lipinski definition) is 2. The average molecular weight is 333 g/mol. The first-order valence-electron chi connectivity index (χ1n) is 8.42. The molecule has 2 aliphatic rings. The minimum Gasteiger partial charge on any atom is -0.350 e. The smallest absolute Gasteiger partial charge is 0.325 e. The van der Waals surface area contributed by atoms with Crippen LogP contribution in [0.2, 0.25) is 0 Å². The van der Waals surface area contributed by atoms with E-state index in [1.807, 2.05) is 24.6 Å². The van der Waals surface area contributed by atoms with Gasteiger partial charge in [-0.05, 0) is 19.3 Å². The van der Waals surface area contributed by atoms with E-state index in [9.17, 15) is 14.4 Å². The Labute approximate surface area is 140 Å². The van der Waals surface area contributed by atoms with Crippen LogP contribution in [0.15, 0.2) is 12.4 Å². The quantitative estimate of drug-likeness (QED) is 0.764. The Balaban J connectivity index is 1.59. The van der Waals surface area contributed by atoms with Gasteiger partial charge in [0.1, 0.15) is 17.9 Å². The molecule has 1 atom stereocenters. The van der Waals surface area contributed by atoms with Crippen molar-refractivity contribution in [2.45, 2.75) is 57.7 Å². The highest BCUT2D eigenvalue weighted by Gasteiger charge is 2.49. The van der Waals surface area contributed by atoms with Gasteiger partial charge < -0.3 is 15.2 Å². The summed E-state index contributed by atoms with van der Waals surface area (Å²) in [5, 5.41) is 5.65. The molecule has 130 valence electrons. The number of urea groups is 1. The Hall–Kier alpha value is -2.38. The van der Waals surface area contributed by atoms with Crippen molar-refractivity contribution in [3.63, 3.8) is 0 Å². The number of rotatable bonds is 5. The van der Waals surface area contributed by atoms with Crippen molar-refractivity contribution in [1.29, 1.82) is 0 Å². The van der Waals surface area contributed by atoms with Crippen LogP contribution < -0.4 is 10.6 Å². The molecule has 3 heterocycles. The third-order valence-corrected chi connectivity index (χ3v) is 5.06. The first-order chi connectivity index (χ1) is 11.5. The van der Waals surface area contributed by atoms with E-state index in [1.54, 1.807) is 6.20 Å². The molecule has 8 heteroatoms. The van der Waals surface area contributed by atoms with Crippen molar-refractivity contribution < 1.29 is 14.4 Å². The van der Waals surface area contributed by atoms with E-state index in [0.717, 1.165) is 23.6 Å². The molecule has 0 aliphatic carbocycles. The fourth-order valence-corrected chi connectivity index (χ4v) is 3.45. The Bertz CT molecular complexity index is 664. The average Bonchev–Trinajstić information content (AvgIpc) is 3.12. The van der Waals surface area contributed by atoms with Crippen LogP contribution in [-0.2, 0) is 22.6 Å². The zero-order valence-electron chi connectivity index (χ0n) is 14.0. The van der Waals surface area contributed by atoms with Gasteiger partial charge in [0.15, 0.2) is 0 Å². The molecule has 4 amide bonds. The fourth-order valence-electron chi connectivity index (χ4n) is 3.45. The summed E-state index contributed by atoms with van der Waals surface area (Å²) in [6.45, 7) is 4.14. The standard InChI is InChI=1S/C16H23N5O3/c1-3-16(4-2)14(23)21(15(24)19-16)10-13(22)18-11-5-6-12-17-7-8-20(12)9-11/h7-8,11H,3-6,9-10H2,1-2H3,(H,18,22)(H,19,24)/t11-/m0/s1. The lowest BCUT2D eigenvalue weighted by Crippen LogP contribution is -2.48. The summed E-state index contributed by atoms with van der Waals surface area (Å²) in [7, 11) is 0. The summed E-state index contributed by atoms with van der Waals surface area (Å²) >= 11 is 0. The molecular formula is C16H23N5O3. The van der Waals surface area contributed by atoms with Gasteiger partial charge in [0.2, 0.25) is 5.91 Å². The number of amides is 4. The van der Waals surface area contributed by atoms with Gasteiger partial charge in [-0.15, -0.1) is 0 Å². The molecule has 0 aromatic carbocycles. The van der Waals surface area contributed by atoms with E-state index in [2.05, 4.69) is 15.6 Å². The summed E-state index contributed by atoms with van der Waals surface area (Å²) in [6.07, 6.45) is 6.27. The number of nitrogens with one attached hydrogen (secondary N) is 2. The Morgan fingerprint density at radius 1 is 1.42 bits per heavy atom. The summed E-state index contributed by atoms with van der Waals surface area (Å²) in [6, 6.07) is -0.499. The number of imide groups is 1. The maximum absolute atomic E-state index is 12.5. The number of fused-ring (bicyclic) bond motifs is 1. The molecule has 0 radical (unpaired) electrons. The maximum atomic E-state index is 12.5. The Kier molecular flexibility index (Phi) is 4.29. The number of nitrogens with zero attached hydrogens (tertiary/aromatic N) is 3. The van der Waals surface area contributed by atoms with E-state index >= 15 is 0 Å². The van der Waals surface area contributed by atoms with Crippen molar-refractivity contribution in [3.8, 4) is 0 Å². The summed E-state index contributed by atoms with van der Waals surface area (Å²) in [5.41, 5.74) is -0.867. The van der Waals surface area contributed by atoms with Crippen LogP contribution in [-0.4, -0.2) is 50.4 Å². The molecular weight excluding hydrogens is 310 g/mol. The highest BCUT2D eigenvalue weighted by molar-refractivity contribution is 6.08. The number of aryl methyl sites for hydroxylation is 1. The first-order valence-corrected chi connectivity index (χ1v) is 8.42. The fraction of sp³-hybridized carbons (Fsp3) is 0.625. The van der Waals surface area contributed by atoms with Gasteiger partial charge in [0.05, 0.1) is 0 Å². The summed E-state index contributed by atoms with van der Waals surface area (Å²) in [4.78, 5) is 42.1. The molecule has 8 nitrogen and oxygen atoms in total. The molecule has 1 saturated heterocycles. The topological polar surface area (TPSA) is 96.3 Å². The van der Waals surface area contributed by atoms with Crippen LogP contribution in [0.5, 0.6) is 0 Å². The van der Waals surface area contributed by atoms with Gasteiger partial charge in [-0.3, -0.25) is 14.5 Å². The van der Waals surface area contributed by atoms with Crippen molar-refractivity contribution in [2.75, 3.05) is 6.54 Å². The predicted molar refractivity (Wildman–Crippen MR) is 86.0 cm³/mol. The number of hydrogen-bond acceptors (Lipinski definition) is 4. The zero-order chi connectivity index (χ0) is 17.3. The van der Waals surface area contributed by atoms with Crippen molar-refractivity contribution in [2.24, 2.45) is 0 Å². The van der Waals surface area contributed by atoms with E-state index in [-0.39, 0.29) is 24.4 Å². The van der Waals surface area contributed by atoms with E-state index in [1.165, 1.54) is 0 Å². The molecule has 0 spiro atoms. The molecule has 24 heavy (non-hydrogen) atoms. The van der Waals surface area contributed by atoms with Gasteiger partial charge in [-0.2, -0.15) is 0 Å². The normalized spacial score (nSPS) is 22.2. The third-order valence-electron chi connectivity index (χ3n) is 5.06. The molecule has 0 saturated carbocycles. The molecule has 2 aliphatic heterocycles. The highest BCUT2D eigenvalue weighted by atomic mass is 16.2. The molecule has 0 bridgehead atoms. The lowest BCUT2D eigenvalue weighted by atomic mass is 9.93. The van der Waals surface area contributed by atoms with Gasteiger partial charge in [-0.1, -0.05) is 13.8 Å². The van der Waals surface area contributed by atoms with Gasteiger partial charge >= 0.3 is 6.03 Å². The van der Waals surface area contributed by atoms with Crippen LogP contribution in [0.25, 0.3) is 0 Å². The van der Waals surface area contributed by atoms with Gasteiger partial charge in [0.25, 0.3) is 5.91 Å². The number of carbonyl (C=O) groups is 3. The van der Waals surface area contributed by atoms with Crippen LogP contribution in [0.1, 0.15) is 38.9 Å². The van der Waals surface area contributed by atoms with Crippen molar-refractivity contribution in [3.05, 3.63) is 18.2 Å². The second kappa shape index (κ2) is 6.26.